The van der Waals surface area contributed by atoms with E-state index in [0.717, 1.165) is 23.2 Å². The number of halogens is 2. The lowest BCUT2D eigenvalue weighted by atomic mass is 10.0. The number of hydrogen-bond acceptors (Lipinski definition) is 4. The van der Waals surface area contributed by atoms with Crippen LogP contribution < -0.4 is 0 Å². The largest absolute Gasteiger partial charge is 0.337 e. The van der Waals surface area contributed by atoms with Crippen molar-refractivity contribution in [1.29, 1.82) is 0 Å². The molecule has 36 heavy (non-hydrogen) atoms. The number of imidazole rings is 1. The lowest BCUT2D eigenvalue weighted by Crippen LogP contribution is -2.10. The molecular weight excluding hydrogens is 458 g/mol. The number of rotatable bonds is 5. The number of para-hydroxylation sites is 1. The molecule has 3 heterocycles. The highest BCUT2D eigenvalue weighted by Gasteiger charge is 2.19. The van der Waals surface area contributed by atoms with Crippen LogP contribution in [0.4, 0.5) is 8.78 Å². The fourth-order valence-corrected chi connectivity index (χ4v) is 4.56. The van der Waals surface area contributed by atoms with Gasteiger partial charge in [-0.05, 0) is 55.6 Å². The Kier molecular flexibility index (Phi) is 5.30. The third-order valence-electron chi connectivity index (χ3n) is 6.15. The molecule has 0 aliphatic heterocycles. The highest BCUT2D eigenvalue weighted by Crippen LogP contribution is 2.34. The molecule has 0 atom stereocenters. The van der Waals surface area contributed by atoms with E-state index in [1.165, 1.54) is 12.1 Å². The van der Waals surface area contributed by atoms with Crippen LogP contribution in [0, 0.1) is 11.6 Å². The average molecular weight is 481 g/mol. The molecule has 0 spiro atoms. The summed E-state index contributed by atoms with van der Waals surface area (Å²) in [6, 6.07) is 17.5. The fraction of sp³-hybridized carbons (Fsp3) is 0.107. The summed E-state index contributed by atoms with van der Waals surface area (Å²) >= 11 is 0. The molecule has 0 aliphatic rings. The molecule has 178 valence electrons. The number of benzene rings is 3. The van der Waals surface area contributed by atoms with E-state index in [2.05, 4.69) is 25.1 Å². The Morgan fingerprint density at radius 2 is 1.69 bits per heavy atom. The number of pyridine rings is 1. The van der Waals surface area contributed by atoms with Gasteiger partial charge in [-0.25, -0.2) is 13.8 Å². The van der Waals surface area contributed by atoms with Crippen molar-refractivity contribution < 1.29 is 8.78 Å². The predicted octanol–water partition coefficient (Wildman–Crippen LogP) is 6.18. The zero-order chi connectivity index (χ0) is 24.8. The number of nitrogens with one attached hydrogen (secondary N) is 2. The second-order valence-electron chi connectivity index (χ2n) is 9.04. The molecule has 3 aromatic carbocycles. The molecule has 6 aromatic rings. The predicted molar refractivity (Wildman–Crippen MR) is 137 cm³/mol. The van der Waals surface area contributed by atoms with Crippen LogP contribution in [-0.4, -0.2) is 44.1 Å². The summed E-state index contributed by atoms with van der Waals surface area (Å²) in [6.07, 6.45) is 3.53. The van der Waals surface area contributed by atoms with Gasteiger partial charge in [0.25, 0.3) is 0 Å². The highest BCUT2D eigenvalue weighted by atomic mass is 19.1. The third-order valence-corrected chi connectivity index (χ3v) is 6.15. The van der Waals surface area contributed by atoms with E-state index in [1.807, 2.05) is 50.6 Å². The smallest absolute Gasteiger partial charge is 0.159 e. The van der Waals surface area contributed by atoms with Gasteiger partial charge in [0.05, 0.1) is 11.0 Å². The fourth-order valence-electron chi connectivity index (χ4n) is 4.56. The minimum Gasteiger partial charge on any atom is -0.337 e. The molecule has 0 aliphatic carbocycles. The van der Waals surface area contributed by atoms with Crippen LogP contribution in [0.1, 0.15) is 5.56 Å². The maximum Gasteiger partial charge on any atom is 0.159 e. The Morgan fingerprint density at radius 1 is 0.861 bits per heavy atom. The topological polar surface area (TPSA) is 73.5 Å². The van der Waals surface area contributed by atoms with E-state index in [9.17, 15) is 4.39 Å². The van der Waals surface area contributed by atoms with Gasteiger partial charge in [0.15, 0.2) is 5.82 Å². The Morgan fingerprint density at radius 3 is 2.53 bits per heavy atom. The number of aromatic amines is 2. The molecule has 0 bridgehead atoms. The molecule has 8 heteroatoms. The SMILES string of the molecule is CN(C)Cc1cncc(-c2cc(F)c3[nH]nc(-c4nc5c(-c6ccccc6F)cccc5[nH]4)c3c2)c1. The Labute approximate surface area is 205 Å². The summed E-state index contributed by atoms with van der Waals surface area (Å²) < 4.78 is 29.7. The average Bonchev–Trinajstić information content (AvgIpc) is 3.48. The first-order valence-electron chi connectivity index (χ1n) is 11.5. The van der Waals surface area contributed by atoms with Crippen LogP contribution in [0.25, 0.3) is 55.7 Å². The van der Waals surface area contributed by atoms with E-state index in [4.69, 9.17) is 4.98 Å². The van der Waals surface area contributed by atoms with Crippen LogP contribution in [0.3, 0.4) is 0 Å². The molecule has 0 saturated carbocycles. The molecule has 0 radical (unpaired) electrons. The van der Waals surface area contributed by atoms with Crippen LogP contribution in [0.5, 0.6) is 0 Å². The van der Waals surface area contributed by atoms with Crippen molar-refractivity contribution in [2.75, 3.05) is 14.1 Å². The first-order valence-corrected chi connectivity index (χ1v) is 11.5. The molecule has 3 aromatic heterocycles. The number of aromatic nitrogens is 5. The maximum absolute atomic E-state index is 15.1. The molecule has 0 amide bonds. The van der Waals surface area contributed by atoms with Crippen molar-refractivity contribution in [3.63, 3.8) is 0 Å². The van der Waals surface area contributed by atoms with Crippen LogP contribution in [0.2, 0.25) is 0 Å². The molecule has 0 fully saturated rings. The number of fused-ring (bicyclic) bond motifs is 2. The lowest BCUT2D eigenvalue weighted by molar-refractivity contribution is 0.402. The summed E-state index contributed by atoms with van der Waals surface area (Å²) in [5.41, 5.74) is 5.80. The zero-order valence-corrected chi connectivity index (χ0v) is 19.7. The van der Waals surface area contributed by atoms with Crippen molar-refractivity contribution in [2.45, 2.75) is 6.54 Å². The van der Waals surface area contributed by atoms with E-state index in [1.54, 1.807) is 24.4 Å². The minimum atomic E-state index is -0.414. The van der Waals surface area contributed by atoms with Crippen LogP contribution in [0.15, 0.2) is 73.1 Å². The Hall–Kier alpha value is -4.43. The monoisotopic (exact) mass is 480 g/mol. The van der Waals surface area contributed by atoms with Crippen molar-refractivity contribution in [1.82, 2.24) is 30.0 Å². The van der Waals surface area contributed by atoms with Crippen LogP contribution in [-0.2, 0) is 6.54 Å². The first kappa shape index (κ1) is 22.1. The summed E-state index contributed by atoms with van der Waals surface area (Å²) in [4.78, 5) is 14.4. The van der Waals surface area contributed by atoms with Crippen molar-refractivity contribution in [3.05, 3.63) is 90.3 Å². The van der Waals surface area contributed by atoms with E-state index < -0.39 is 5.82 Å². The van der Waals surface area contributed by atoms with Gasteiger partial charge in [-0.2, -0.15) is 5.10 Å². The number of nitrogens with zero attached hydrogens (tertiary/aromatic N) is 4. The molecule has 0 unspecified atom stereocenters. The standard InChI is InChI=1S/C28H22F2N6/c1-36(2)15-16-10-18(14-31-13-16)17-11-21-25(23(30)12-17)34-35-27(21)28-32-24-9-5-7-20(26(24)33-28)19-6-3-4-8-22(19)29/h3-14H,15H2,1-2H3,(H,32,33)(H,34,35). The van der Waals surface area contributed by atoms with Gasteiger partial charge in [0.1, 0.15) is 22.8 Å². The first-order chi connectivity index (χ1) is 17.5. The number of hydrogen-bond donors (Lipinski definition) is 2. The zero-order valence-electron chi connectivity index (χ0n) is 19.7. The summed E-state index contributed by atoms with van der Waals surface area (Å²) in [5, 5.41) is 7.77. The molecule has 2 N–H and O–H groups in total. The van der Waals surface area contributed by atoms with E-state index >= 15 is 4.39 Å². The Bertz CT molecular complexity index is 1730. The van der Waals surface area contributed by atoms with E-state index in [-0.39, 0.29) is 5.82 Å². The minimum absolute atomic E-state index is 0.293. The Balaban J connectivity index is 1.49. The van der Waals surface area contributed by atoms with Gasteiger partial charge in [0, 0.05) is 41.0 Å². The molecule has 6 nitrogen and oxygen atoms in total. The van der Waals surface area contributed by atoms with Gasteiger partial charge >= 0.3 is 0 Å². The van der Waals surface area contributed by atoms with Crippen molar-refractivity contribution in [3.8, 4) is 33.8 Å². The van der Waals surface area contributed by atoms with E-state index in [0.29, 0.717) is 44.6 Å². The van der Waals surface area contributed by atoms with Crippen molar-refractivity contribution >= 4 is 21.9 Å². The molecule has 0 saturated heterocycles. The summed E-state index contributed by atoms with van der Waals surface area (Å²) in [7, 11) is 3.97. The third kappa shape index (κ3) is 3.81. The summed E-state index contributed by atoms with van der Waals surface area (Å²) in [5.74, 6) is -0.268. The van der Waals surface area contributed by atoms with Crippen molar-refractivity contribution in [2.24, 2.45) is 0 Å². The quantitative estimate of drug-likeness (QED) is 0.309. The van der Waals surface area contributed by atoms with Gasteiger partial charge in [-0.15, -0.1) is 0 Å². The second-order valence-corrected chi connectivity index (χ2v) is 9.04. The normalized spacial score (nSPS) is 11.7. The summed E-state index contributed by atoms with van der Waals surface area (Å²) in [6.45, 7) is 0.728. The maximum atomic E-state index is 15.1. The van der Waals surface area contributed by atoms with Gasteiger partial charge in [-0.3, -0.25) is 10.1 Å². The number of H-pyrrole nitrogens is 2. The second kappa shape index (κ2) is 8.66. The molecule has 6 rings (SSSR count). The van der Waals surface area contributed by atoms with Gasteiger partial charge in [-0.1, -0.05) is 30.3 Å². The van der Waals surface area contributed by atoms with Gasteiger partial charge in [0.2, 0.25) is 0 Å². The molecular formula is C28H22F2N6. The van der Waals surface area contributed by atoms with Crippen LogP contribution >= 0.6 is 0 Å². The highest BCUT2D eigenvalue weighted by molar-refractivity contribution is 5.98. The van der Waals surface area contributed by atoms with Gasteiger partial charge < -0.3 is 9.88 Å². The lowest BCUT2D eigenvalue weighted by Gasteiger charge is -2.10.